The van der Waals surface area contributed by atoms with Gasteiger partial charge in [-0.05, 0) is 84.3 Å². The standard InChI is InChI=1S/C30H31F6NO2/c1-4-39-28(38)17-20-15-23(21-6-10-24(11-7-21)29(31,32)33)18-26(16-20)37-27(14-5-19(2)3)22-8-12-25(13-9-22)30(34,35)36/h6-13,15-16,18-19,27,37H,4-5,14,17H2,1-3H3. The van der Waals surface area contributed by atoms with Gasteiger partial charge in [0, 0.05) is 5.69 Å². The number of hydrogen-bond donors (Lipinski definition) is 1. The lowest BCUT2D eigenvalue weighted by molar-refractivity contribution is -0.142. The molecule has 39 heavy (non-hydrogen) atoms. The van der Waals surface area contributed by atoms with Crippen molar-refractivity contribution in [3.63, 3.8) is 0 Å². The van der Waals surface area contributed by atoms with Gasteiger partial charge in [-0.15, -0.1) is 0 Å². The molecule has 0 aromatic heterocycles. The van der Waals surface area contributed by atoms with Crippen molar-refractivity contribution in [3.05, 3.63) is 89.0 Å². The molecule has 0 bridgehead atoms. The van der Waals surface area contributed by atoms with E-state index in [-0.39, 0.29) is 19.1 Å². The summed E-state index contributed by atoms with van der Waals surface area (Å²) in [4.78, 5) is 12.2. The molecule has 1 N–H and O–H groups in total. The topological polar surface area (TPSA) is 38.3 Å². The minimum absolute atomic E-state index is 0.0477. The van der Waals surface area contributed by atoms with Crippen LogP contribution in [0, 0.1) is 5.92 Å². The van der Waals surface area contributed by atoms with E-state index in [9.17, 15) is 31.1 Å². The lowest BCUT2D eigenvalue weighted by Gasteiger charge is -2.23. The molecule has 0 aliphatic carbocycles. The molecular formula is C30H31F6NO2. The van der Waals surface area contributed by atoms with Gasteiger partial charge in [-0.25, -0.2) is 0 Å². The van der Waals surface area contributed by atoms with Crippen molar-refractivity contribution in [2.45, 2.75) is 58.4 Å². The van der Waals surface area contributed by atoms with Gasteiger partial charge in [0.2, 0.25) is 0 Å². The maximum Gasteiger partial charge on any atom is 0.416 e. The second kappa shape index (κ2) is 12.6. The third-order valence-corrected chi connectivity index (χ3v) is 6.21. The van der Waals surface area contributed by atoms with E-state index >= 15 is 0 Å². The number of benzene rings is 3. The fourth-order valence-electron chi connectivity index (χ4n) is 4.20. The molecule has 0 aliphatic rings. The van der Waals surface area contributed by atoms with E-state index in [1.807, 2.05) is 13.8 Å². The van der Waals surface area contributed by atoms with Gasteiger partial charge in [0.25, 0.3) is 0 Å². The Labute approximate surface area is 224 Å². The summed E-state index contributed by atoms with van der Waals surface area (Å²) < 4.78 is 83.6. The number of esters is 1. The fourth-order valence-corrected chi connectivity index (χ4v) is 4.20. The zero-order valence-electron chi connectivity index (χ0n) is 21.9. The lowest BCUT2D eigenvalue weighted by Crippen LogP contribution is -2.14. The Morgan fingerprint density at radius 1 is 0.795 bits per heavy atom. The fraction of sp³-hybridized carbons (Fsp3) is 0.367. The molecule has 0 saturated heterocycles. The molecule has 3 rings (SSSR count). The largest absolute Gasteiger partial charge is 0.466 e. The molecule has 210 valence electrons. The molecule has 0 amide bonds. The van der Waals surface area contributed by atoms with Crippen LogP contribution >= 0.6 is 0 Å². The van der Waals surface area contributed by atoms with E-state index < -0.39 is 29.4 Å². The first-order chi connectivity index (χ1) is 18.3. The van der Waals surface area contributed by atoms with Crippen LogP contribution in [0.4, 0.5) is 32.0 Å². The molecular weight excluding hydrogens is 520 g/mol. The third-order valence-electron chi connectivity index (χ3n) is 6.21. The third kappa shape index (κ3) is 8.76. The molecule has 3 aromatic carbocycles. The maximum atomic E-state index is 13.1. The Morgan fingerprint density at radius 3 is 1.87 bits per heavy atom. The van der Waals surface area contributed by atoms with Crippen molar-refractivity contribution in [3.8, 4) is 11.1 Å². The van der Waals surface area contributed by atoms with Crippen LogP contribution in [0.3, 0.4) is 0 Å². The molecule has 0 aliphatic heterocycles. The number of anilines is 1. The summed E-state index contributed by atoms with van der Waals surface area (Å²) in [5.74, 6) is -0.103. The highest BCUT2D eigenvalue weighted by molar-refractivity contribution is 5.76. The number of carbonyl (C=O) groups is 1. The predicted molar refractivity (Wildman–Crippen MR) is 139 cm³/mol. The van der Waals surface area contributed by atoms with Crippen LogP contribution in [-0.2, 0) is 28.3 Å². The molecule has 0 radical (unpaired) electrons. The summed E-state index contributed by atoms with van der Waals surface area (Å²) in [6, 6.07) is 14.6. The van der Waals surface area contributed by atoms with Crippen LogP contribution in [-0.4, -0.2) is 12.6 Å². The second-order valence-corrected chi connectivity index (χ2v) is 9.76. The Kier molecular flexibility index (Phi) is 9.69. The van der Waals surface area contributed by atoms with Gasteiger partial charge in [-0.2, -0.15) is 26.3 Å². The first kappa shape index (κ1) is 30.1. The van der Waals surface area contributed by atoms with Crippen molar-refractivity contribution < 1.29 is 35.9 Å². The molecule has 3 aromatic rings. The first-order valence-electron chi connectivity index (χ1n) is 12.7. The normalized spacial score (nSPS) is 12.9. The molecule has 0 heterocycles. The van der Waals surface area contributed by atoms with Crippen molar-refractivity contribution >= 4 is 11.7 Å². The summed E-state index contributed by atoms with van der Waals surface area (Å²) in [5.41, 5.74) is 1.42. The number of nitrogens with one attached hydrogen (secondary N) is 1. The van der Waals surface area contributed by atoms with Gasteiger partial charge in [0.15, 0.2) is 0 Å². The van der Waals surface area contributed by atoms with Gasteiger partial charge >= 0.3 is 18.3 Å². The summed E-state index contributed by atoms with van der Waals surface area (Å²) in [7, 11) is 0. The van der Waals surface area contributed by atoms with Gasteiger partial charge in [-0.3, -0.25) is 4.79 Å². The predicted octanol–water partition coefficient (Wildman–Crippen LogP) is 9.09. The Morgan fingerprint density at radius 2 is 1.36 bits per heavy atom. The van der Waals surface area contributed by atoms with Crippen molar-refractivity contribution in [1.29, 1.82) is 0 Å². The number of hydrogen-bond acceptors (Lipinski definition) is 3. The highest BCUT2D eigenvalue weighted by Crippen LogP contribution is 2.35. The van der Waals surface area contributed by atoms with Crippen LogP contribution in [0.1, 0.15) is 61.9 Å². The van der Waals surface area contributed by atoms with Crippen LogP contribution < -0.4 is 5.32 Å². The van der Waals surface area contributed by atoms with Crippen LogP contribution in [0.25, 0.3) is 11.1 Å². The second-order valence-electron chi connectivity index (χ2n) is 9.76. The van der Waals surface area contributed by atoms with E-state index in [0.717, 1.165) is 30.7 Å². The Bertz CT molecular complexity index is 1230. The summed E-state index contributed by atoms with van der Waals surface area (Å²) in [5, 5.41) is 3.39. The zero-order chi connectivity index (χ0) is 28.8. The number of halogens is 6. The van der Waals surface area contributed by atoms with Gasteiger partial charge in [0.1, 0.15) is 0 Å². The van der Waals surface area contributed by atoms with E-state index in [4.69, 9.17) is 4.74 Å². The van der Waals surface area contributed by atoms with Gasteiger partial charge in [0.05, 0.1) is 30.2 Å². The van der Waals surface area contributed by atoms with Gasteiger partial charge in [-0.1, -0.05) is 44.2 Å². The number of ether oxygens (including phenoxy) is 1. The number of alkyl halides is 6. The van der Waals surface area contributed by atoms with E-state index in [2.05, 4.69) is 5.32 Å². The van der Waals surface area contributed by atoms with Crippen LogP contribution in [0.2, 0.25) is 0 Å². The minimum atomic E-state index is -4.47. The molecule has 0 spiro atoms. The Hall–Kier alpha value is -3.49. The highest BCUT2D eigenvalue weighted by atomic mass is 19.4. The summed E-state index contributed by atoms with van der Waals surface area (Å²) in [6.45, 7) is 5.99. The maximum absolute atomic E-state index is 13.1. The molecule has 0 saturated carbocycles. The number of rotatable bonds is 10. The first-order valence-corrected chi connectivity index (χ1v) is 12.7. The van der Waals surface area contributed by atoms with Gasteiger partial charge < -0.3 is 10.1 Å². The van der Waals surface area contributed by atoms with Crippen molar-refractivity contribution in [2.75, 3.05) is 11.9 Å². The van der Waals surface area contributed by atoms with Crippen molar-refractivity contribution in [1.82, 2.24) is 0 Å². The monoisotopic (exact) mass is 551 g/mol. The SMILES string of the molecule is CCOC(=O)Cc1cc(NC(CCC(C)C)c2ccc(C(F)(F)F)cc2)cc(-c2ccc(C(F)(F)F)cc2)c1. The summed E-state index contributed by atoms with van der Waals surface area (Å²) in [6.07, 6.45) is -7.54. The van der Waals surface area contributed by atoms with Crippen LogP contribution in [0.5, 0.6) is 0 Å². The molecule has 0 fully saturated rings. The molecule has 3 nitrogen and oxygen atoms in total. The lowest BCUT2D eigenvalue weighted by atomic mass is 9.95. The zero-order valence-corrected chi connectivity index (χ0v) is 21.9. The van der Waals surface area contributed by atoms with E-state index in [0.29, 0.717) is 40.3 Å². The molecule has 9 heteroatoms. The Balaban J connectivity index is 2.00. The molecule has 1 unspecified atom stereocenters. The van der Waals surface area contributed by atoms with Crippen molar-refractivity contribution in [2.24, 2.45) is 5.92 Å². The average Bonchev–Trinajstić information content (AvgIpc) is 2.85. The van der Waals surface area contributed by atoms with E-state index in [1.54, 1.807) is 25.1 Å². The quantitative estimate of drug-likeness (QED) is 0.202. The highest BCUT2D eigenvalue weighted by Gasteiger charge is 2.31. The summed E-state index contributed by atoms with van der Waals surface area (Å²) >= 11 is 0. The smallest absolute Gasteiger partial charge is 0.416 e. The minimum Gasteiger partial charge on any atom is -0.466 e. The van der Waals surface area contributed by atoms with Crippen LogP contribution in [0.15, 0.2) is 66.7 Å². The molecule has 1 atom stereocenters. The van der Waals surface area contributed by atoms with E-state index in [1.165, 1.54) is 24.3 Å². The average molecular weight is 552 g/mol. The number of carbonyl (C=O) groups excluding carboxylic acids is 1.